The molecule has 6 nitrogen and oxygen atoms in total. The van der Waals surface area contributed by atoms with Crippen LogP contribution in [0.2, 0.25) is 0 Å². The highest BCUT2D eigenvalue weighted by Gasteiger charge is 2.38. The smallest absolute Gasteiger partial charge is 0.204 e. The molecule has 0 aliphatic rings. The monoisotopic (exact) mass is 296 g/mol. The number of carbonyl (C=O) groups excluding carboxylic acids is 1. The van der Waals surface area contributed by atoms with Gasteiger partial charge in [0.15, 0.2) is 5.75 Å². The number of hydrogen-bond acceptors (Lipinski definition) is 5. The van der Waals surface area contributed by atoms with Gasteiger partial charge < -0.3 is 9.64 Å². The third-order valence-corrected chi connectivity index (χ3v) is 4.16. The van der Waals surface area contributed by atoms with Gasteiger partial charge in [0.2, 0.25) is 5.78 Å². The van der Waals surface area contributed by atoms with Gasteiger partial charge in [-0.05, 0) is 41.5 Å². The first-order chi connectivity index (χ1) is 9.77. The van der Waals surface area contributed by atoms with E-state index in [9.17, 15) is 4.79 Å². The molecular weight excluding hydrogens is 268 g/mol. The SMILES string of the molecule is CCC(C)(C(=O)c1c(OC)cnn1CCN(C)C)N(C)C. The molecule has 6 heteroatoms. The Hall–Kier alpha value is -1.40. The number of carbonyl (C=O) groups is 1. The average molecular weight is 296 g/mol. The van der Waals surface area contributed by atoms with Crippen molar-refractivity contribution in [3.05, 3.63) is 11.9 Å². The molecule has 0 aromatic carbocycles. The van der Waals surface area contributed by atoms with Crippen LogP contribution in [0.1, 0.15) is 30.8 Å². The quantitative estimate of drug-likeness (QED) is 0.678. The van der Waals surface area contributed by atoms with Crippen molar-refractivity contribution in [3.8, 4) is 5.75 Å². The van der Waals surface area contributed by atoms with Gasteiger partial charge in [-0.15, -0.1) is 0 Å². The number of ether oxygens (including phenoxy) is 1. The minimum absolute atomic E-state index is 0.0445. The van der Waals surface area contributed by atoms with Crippen molar-refractivity contribution in [2.24, 2.45) is 0 Å². The molecule has 0 fully saturated rings. The standard InChI is InChI=1S/C15H28N4O2/c1-8-15(2,18(5)6)14(20)13-12(21-7)11-16-19(13)10-9-17(3)4/h11H,8-10H2,1-7H3. The first-order valence-corrected chi connectivity index (χ1v) is 7.24. The second-order valence-electron chi connectivity index (χ2n) is 5.94. The lowest BCUT2D eigenvalue weighted by Crippen LogP contribution is -2.48. The zero-order valence-electron chi connectivity index (χ0n) is 14.3. The van der Waals surface area contributed by atoms with Crippen LogP contribution < -0.4 is 4.74 Å². The summed E-state index contributed by atoms with van der Waals surface area (Å²) in [6.07, 6.45) is 2.34. The maximum atomic E-state index is 13.0. The minimum atomic E-state index is -0.566. The molecule has 1 heterocycles. The van der Waals surface area contributed by atoms with Crippen molar-refractivity contribution >= 4 is 5.78 Å². The molecule has 0 radical (unpaired) electrons. The average Bonchev–Trinajstić information content (AvgIpc) is 2.85. The molecule has 0 amide bonds. The molecule has 1 aromatic heterocycles. The molecule has 0 aliphatic carbocycles. The number of hydrogen-bond donors (Lipinski definition) is 0. The van der Waals surface area contributed by atoms with Crippen molar-refractivity contribution in [1.29, 1.82) is 0 Å². The first-order valence-electron chi connectivity index (χ1n) is 7.24. The molecule has 0 N–H and O–H groups in total. The van der Waals surface area contributed by atoms with Crippen LogP contribution in [0.15, 0.2) is 6.20 Å². The lowest BCUT2D eigenvalue weighted by Gasteiger charge is -2.34. The number of ketones is 1. The summed E-state index contributed by atoms with van der Waals surface area (Å²) in [6, 6.07) is 0. The van der Waals surface area contributed by atoms with Crippen molar-refractivity contribution in [2.45, 2.75) is 32.4 Å². The maximum Gasteiger partial charge on any atom is 0.204 e. The Morgan fingerprint density at radius 1 is 1.38 bits per heavy atom. The van der Waals surface area contributed by atoms with E-state index in [0.717, 1.165) is 13.0 Å². The highest BCUT2D eigenvalue weighted by atomic mass is 16.5. The largest absolute Gasteiger partial charge is 0.493 e. The zero-order chi connectivity index (χ0) is 16.2. The van der Waals surface area contributed by atoms with Crippen LogP contribution in [-0.4, -0.2) is 72.7 Å². The van der Waals surface area contributed by atoms with Gasteiger partial charge in [-0.1, -0.05) is 6.92 Å². The summed E-state index contributed by atoms with van der Waals surface area (Å²) in [5.74, 6) is 0.586. The van der Waals surface area contributed by atoms with E-state index in [1.165, 1.54) is 0 Å². The maximum absolute atomic E-state index is 13.0. The van der Waals surface area contributed by atoms with Gasteiger partial charge >= 0.3 is 0 Å². The van der Waals surface area contributed by atoms with E-state index >= 15 is 0 Å². The third kappa shape index (κ3) is 3.63. The minimum Gasteiger partial charge on any atom is -0.493 e. The number of rotatable bonds is 8. The molecule has 120 valence electrons. The highest BCUT2D eigenvalue weighted by Crippen LogP contribution is 2.27. The van der Waals surface area contributed by atoms with Gasteiger partial charge in [-0.3, -0.25) is 14.4 Å². The second-order valence-corrected chi connectivity index (χ2v) is 5.94. The molecular formula is C15H28N4O2. The molecule has 1 aromatic rings. The molecule has 1 atom stereocenters. The molecule has 21 heavy (non-hydrogen) atoms. The van der Waals surface area contributed by atoms with Crippen LogP contribution in [0.25, 0.3) is 0 Å². The van der Waals surface area contributed by atoms with Crippen LogP contribution in [-0.2, 0) is 6.54 Å². The molecule has 0 aliphatic heterocycles. The Bertz CT molecular complexity index is 482. The Balaban J connectivity index is 3.20. The zero-order valence-corrected chi connectivity index (χ0v) is 14.3. The van der Waals surface area contributed by atoms with Crippen LogP contribution in [0, 0.1) is 0 Å². The second kappa shape index (κ2) is 7.04. The van der Waals surface area contributed by atoms with Gasteiger partial charge in [-0.25, -0.2) is 0 Å². The molecule has 0 bridgehead atoms. The van der Waals surface area contributed by atoms with Crippen molar-refractivity contribution in [2.75, 3.05) is 41.8 Å². The molecule has 0 spiro atoms. The topological polar surface area (TPSA) is 50.6 Å². The van der Waals surface area contributed by atoms with Gasteiger partial charge in [0.05, 0.1) is 25.4 Å². The van der Waals surface area contributed by atoms with Crippen LogP contribution in [0.3, 0.4) is 0 Å². The third-order valence-electron chi connectivity index (χ3n) is 4.16. The Morgan fingerprint density at radius 2 is 2.00 bits per heavy atom. The van der Waals surface area contributed by atoms with Gasteiger partial charge in [0.1, 0.15) is 5.69 Å². The Labute approximate surface area is 127 Å². The fourth-order valence-electron chi connectivity index (χ4n) is 2.15. The van der Waals surface area contributed by atoms with E-state index in [0.29, 0.717) is 18.0 Å². The van der Waals surface area contributed by atoms with E-state index in [4.69, 9.17) is 4.74 Å². The summed E-state index contributed by atoms with van der Waals surface area (Å²) in [4.78, 5) is 17.1. The summed E-state index contributed by atoms with van der Waals surface area (Å²) in [5.41, 5.74) is -0.0131. The van der Waals surface area contributed by atoms with Crippen LogP contribution in [0.4, 0.5) is 0 Å². The summed E-state index contributed by atoms with van der Waals surface area (Å²) >= 11 is 0. The predicted octanol–water partition coefficient (Wildman–Crippen LogP) is 1.37. The number of nitrogens with zero attached hydrogens (tertiary/aromatic N) is 4. The van der Waals surface area contributed by atoms with E-state index in [1.54, 1.807) is 18.0 Å². The normalized spacial score (nSPS) is 14.5. The van der Waals surface area contributed by atoms with Crippen LogP contribution in [0.5, 0.6) is 5.75 Å². The van der Waals surface area contributed by atoms with Crippen molar-refractivity contribution < 1.29 is 9.53 Å². The van der Waals surface area contributed by atoms with Crippen molar-refractivity contribution in [3.63, 3.8) is 0 Å². The number of aromatic nitrogens is 2. The number of likely N-dealkylation sites (N-methyl/N-ethyl adjacent to an activating group) is 2. The van der Waals surface area contributed by atoms with Crippen LogP contribution >= 0.6 is 0 Å². The number of methoxy groups -OCH3 is 1. The summed E-state index contributed by atoms with van der Waals surface area (Å²) < 4.78 is 7.09. The fraction of sp³-hybridized carbons (Fsp3) is 0.733. The fourth-order valence-corrected chi connectivity index (χ4v) is 2.15. The van der Waals surface area contributed by atoms with Gasteiger partial charge in [0.25, 0.3) is 0 Å². The Kier molecular flexibility index (Phi) is 5.92. The van der Waals surface area contributed by atoms with E-state index in [1.807, 2.05) is 46.9 Å². The predicted molar refractivity (Wildman–Crippen MR) is 84.0 cm³/mol. The van der Waals surface area contributed by atoms with Crippen molar-refractivity contribution in [1.82, 2.24) is 19.6 Å². The Morgan fingerprint density at radius 3 is 2.43 bits per heavy atom. The first kappa shape index (κ1) is 17.7. The van der Waals surface area contributed by atoms with E-state index in [2.05, 4.69) is 10.00 Å². The number of Topliss-reactive ketones (excluding diaryl/α,β-unsaturated/α-hetero) is 1. The van der Waals surface area contributed by atoms with Gasteiger partial charge in [0, 0.05) is 6.54 Å². The molecule has 0 saturated carbocycles. The van der Waals surface area contributed by atoms with E-state index in [-0.39, 0.29) is 5.78 Å². The lowest BCUT2D eigenvalue weighted by atomic mass is 9.89. The molecule has 1 unspecified atom stereocenters. The summed E-state index contributed by atoms with van der Waals surface area (Å²) in [6.45, 7) is 5.45. The summed E-state index contributed by atoms with van der Waals surface area (Å²) in [7, 11) is 9.42. The molecule has 1 rings (SSSR count). The highest BCUT2D eigenvalue weighted by molar-refractivity contribution is 6.03. The molecule has 0 saturated heterocycles. The van der Waals surface area contributed by atoms with Gasteiger partial charge in [-0.2, -0.15) is 5.10 Å². The lowest BCUT2D eigenvalue weighted by molar-refractivity contribution is 0.0694. The summed E-state index contributed by atoms with van der Waals surface area (Å²) in [5, 5.41) is 4.31. The van der Waals surface area contributed by atoms with E-state index < -0.39 is 5.54 Å².